The third kappa shape index (κ3) is 14.4. The molecule has 260 valence electrons. The number of nitrogens with zero attached hydrogens (tertiary/aromatic N) is 2. The molecule has 1 aliphatic heterocycles. The maximum absolute atomic E-state index is 12.8. The average molecular weight is 640 g/mol. The summed E-state index contributed by atoms with van der Waals surface area (Å²) in [6, 6.07) is 5.89. The van der Waals surface area contributed by atoms with E-state index in [1.807, 2.05) is 53.7 Å². The topological polar surface area (TPSA) is 80.2 Å². The molecule has 1 heterocycles. The number of aliphatic imine (C=N–C) groups is 1. The van der Waals surface area contributed by atoms with Crippen LogP contribution in [0.15, 0.2) is 46.5 Å². The highest BCUT2D eigenvalue weighted by atomic mass is 16.5. The summed E-state index contributed by atoms with van der Waals surface area (Å²) in [6.07, 6.45) is 9.87. The first-order valence-electron chi connectivity index (χ1n) is 17.6. The zero-order chi connectivity index (χ0) is 34.8. The lowest BCUT2D eigenvalue weighted by Gasteiger charge is -2.29. The summed E-state index contributed by atoms with van der Waals surface area (Å²) >= 11 is 0. The smallest absolute Gasteiger partial charge is 0.323 e. The predicted octanol–water partition coefficient (Wildman–Crippen LogP) is 8.56. The van der Waals surface area contributed by atoms with Gasteiger partial charge >= 0.3 is 5.97 Å². The number of ketones is 1. The molecule has 46 heavy (non-hydrogen) atoms. The number of carbonyl (C=O) groups is 2. The number of allylic oxidation sites excluding steroid dienone is 4. The number of Topliss-reactive ketones (excluding diaryl/α,β-unsaturated/α-hetero) is 1. The summed E-state index contributed by atoms with van der Waals surface area (Å²) in [5.41, 5.74) is 5.66. The summed E-state index contributed by atoms with van der Waals surface area (Å²) in [5, 5.41) is 3.42. The number of rotatable bonds is 12. The van der Waals surface area contributed by atoms with Crippen molar-refractivity contribution in [2.24, 2.45) is 16.8 Å². The van der Waals surface area contributed by atoms with Gasteiger partial charge in [0.15, 0.2) is 5.78 Å². The lowest BCUT2D eigenvalue weighted by Crippen LogP contribution is -2.42. The Balaban J connectivity index is 0.000000814. The van der Waals surface area contributed by atoms with Crippen molar-refractivity contribution in [3.8, 4) is 0 Å². The van der Waals surface area contributed by atoms with Crippen LogP contribution in [0.4, 0.5) is 5.69 Å². The van der Waals surface area contributed by atoms with Crippen LogP contribution in [0.2, 0.25) is 0 Å². The van der Waals surface area contributed by atoms with E-state index >= 15 is 0 Å². The average Bonchev–Trinajstić information content (AvgIpc) is 3.54. The molecule has 2 fully saturated rings. The molecular weight excluding hydrogens is 574 g/mol. The first-order chi connectivity index (χ1) is 21.9. The molecule has 1 aliphatic carbocycles. The number of ether oxygens (including phenoxy) is 2. The summed E-state index contributed by atoms with van der Waals surface area (Å²) in [6.45, 7) is 25.6. The van der Waals surface area contributed by atoms with E-state index < -0.39 is 0 Å². The van der Waals surface area contributed by atoms with E-state index in [1.165, 1.54) is 0 Å². The fraction of sp³-hybridized carbons (Fsp3) is 0.667. The number of esters is 1. The maximum Gasteiger partial charge on any atom is 0.323 e. The maximum atomic E-state index is 12.8. The van der Waals surface area contributed by atoms with Gasteiger partial charge in [-0.2, -0.15) is 0 Å². The highest BCUT2D eigenvalue weighted by Crippen LogP contribution is 2.25. The minimum atomic E-state index is -0.343. The monoisotopic (exact) mass is 639 g/mol. The summed E-state index contributed by atoms with van der Waals surface area (Å²) in [7, 11) is 2.14. The Kier molecular flexibility index (Phi) is 19.9. The van der Waals surface area contributed by atoms with Gasteiger partial charge in [0, 0.05) is 19.6 Å². The van der Waals surface area contributed by atoms with Crippen LogP contribution in [0.3, 0.4) is 0 Å². The lowest BCUT2D eigenvalue weighted by atomic mass is 9.96. The summed E-state index contributed by atoms with van der Waals surface area (Å²) in [5.74, 6) is 0.231. The molecule has 1 aromatic rings. The van der Waals surface area contributed by atoms with Crippen molar-refractivity contribution in [2.75, 3.05) is 26.7 Å². The Labute approximate surface area is 281 Å². The van der Waals surface area contributed by atoms with Gasteiger partial charge in [-0.05, 0) is 113 Å². The molecule has 7 nitrogen and oxygen atoms in total. The van der Waals surface area contributed by atoms with Crippen LogP contribution in [0, 0.1) is 18.8 Å². The van der Waals surface area contributed by atoms with Crippen molar-refractivity contribution in [1.29, 1.82) is 0 Å². The molecule has 2 aliphatic rings. The highest BCUT2D eigenvalue weighted by Gasteiger charge is 2.27. The lowest BCUT2D eigenvalue weighted by molar-refractivity contribution is -0.152. The molecule has 7 heteroatoms. The molecule has 2 unspecified atom stereocenters. The number of aryl methyl sites for hydroxylation is 1. The first-order valence-corrected chi connectivity index (χ1v) is 17.6. The Morgan fingerprint density at radius 2 is 1.78 bits per heavy atom. The third-order valence-corrected chi connectivity index (χ3v) is 8.42. The second-order valence-electron chi connectivity index (χ2n) is 13.0. The Morgan fingerprint density at radius 3 is 2.28 bits per heavy atom. The van der Waals surface area contributed by atoms with E-state index in [4.69, 9.17) is 14.5 Å². The van der Waals surface area contributed by atoms with Crippen molar-refractivity contribution >= 4 is 23.2 Å². The zero-order valence-corrected chi connectivity index (χ0v) is 31.2. The molecule has 1 aromatic carbocycles. The molecular formula is C39H65N3O4. The van der Waals surface area contributed by atoms with E-state index in [1.54, 1.807) is 6.92 Å². The largest absolute Gasteiger partial charge is 0.461 e. The quantitative estimate of drug-likeness (QED) is 0.107. The summed E-state index contributed by atoms with van der Waals surface area (Å²) in [4.78, 5) is 32.0. The standard InChI is InChI=1S/C30H44N2O3.C7H15NO.C2H6/c1-9-25(16-22(7)23(8)33)28(19(2)3)32-27-17-24(15-14-21(27)6)18-31-29(20(4)5)30(34)35-26-12-10-11-13-26;1-3-7-6-8(2)4-5-9-7;1-2/h9,14-17,19-20,26,29,31H,10-13,18H2,1-8H3;7H,3-6H2,1-2H3;1-2H3/b22-16-,25-9+,32-28?;;. The SMILES string of the molecule is C/C=C(\C=C(\C)C(C)=O)C(=Nc1cc(CNC(C(=O)OC2CCCC2)C(C)C)ccc1C)C(C)C.CC.CCC1CN(C)CCO1. The Morgan fingerprint density at radius 1 is 1.13 bits per heavy atom. The van der Waals surface area contributed by atoms with Crippen LogP contribution in [-0.4, -0.2) is 67.4 Å². The molecule has 0 aromatic heterocycles. The Bertz CT molecular complexity index is 1160. The van der Waals surface area contributed by atoms with E-state index in [-0.39, 0.29) is 35.7 Å². The second kappa shape index (κ2) is 22.0. The fourth-order valence-electron chi connectivity index (χ4n) is 5.36. The number of hydrogen-bond acceptors (Lipinski definition) is 7. The van der Waals surface area contributed by atoms with Crippen LogP contribution in [0.1, 0.15) is 112 Å². The van der Waals surface area contributed by atoms with Crippen LogP contribution in [0.5, 0.6) is 0 Å². The number of hydrogen-bond donors (Lipinski definition) is 1. The van der Waals surface area contributed by atoms with Crippen molar-refractivity contribution in [3.63, 3.8) is 0 Å². The first kappa shape index (κ1) is 41.4. The van der Waals surface area contributed by atoms with Crippen LogP contribution in [0.25, 0.3) is 0 Å². The molecule has 2 atom stereocenters. The van der Waals surface area contributed by atoms with Gasteiger partial charge in [-0.25, -0.2) is 0 Å². The number of likely N-dealkylation sites (N-methyl/N-ethyl adjacent to an activating group) is 1. The molecule has 0 bridgehead atoms. The van der Waals surface area contributed by atoms with E-state index in [2.05, 4.69) is 63.2 Å². The zero-order valence-electron chi connectivity index (χ0n) is 31.2. The van der Waals surface area contributed by atoms with Crippen LogP contribution >= 0.6 is 0 Å². The van der Waals surface area contributed by atoms with E-state index in [9.17, 15) is 9.59 Å². The Hall–Kier alpha value is -2.61. The normalized spacial score (nSPS) is 18.9. The molecule has 3 rings (SSSR count). The number of benzene rings is 1. The van der Waals surface area contributed by atoms with E-state index in [0.29, 0.717) is 18.2 Å². The van der Waals surface area contributed by atoms with Crippen molar-refractivity contribution in [3.05, 3.63) is 52.6 Å². The fourth-order valence-corrected chi connectivity index (χ4v) is 5.36. The number of carbonyl (C=O) groups excluding carboxylic acids is 2. The molecule has 0 radical (unpaired) electrons. The van der Waals surface area contributed by atoms with Crippen molar-refractivity contribution < 1.29 is 19.1 Å². The van der Waals surface area contributed by atoms with Crippen molar-refractivity contribution in [2.45, 2.75) is 133 Å². The molecule has 1 saturated heterocycles. The molecule has 1 saturated carbocycles. The third-order valence-electron chi connectivity index (χ3n) is 8.42. The molecule has 0 spiro atoms. The second-order valence-corrected chi connectivity index (χ2v) is 13.0. The van der Waals surface area contributed by atoms with Gasteiger partial charge < -0.3 is 19.7 Å². The number of nitrogens with one attached hydrogen (secondary N) is 1. The van der Waals surface area contributed by atoms with Gasteiger partial charge in [0.2, 0.25) is 0 Å². The van der Waals surface area contributed by atoms with E-state index in [0.717, 1.165) is 79.9 Å². The molecule has 1 N–H and O–H groups in total. The van der Waals surface area contributed by atoms with Gasteiger partial charge in [0.05, 0.1) is 24.1 Å². The van der Waals surface area contributed by atoms with Gasteiger partial charge in [-0.1, -0.05) is 66.7 Å². The predicted molar refractivity (Wildman–Crippen MR) is 194 cm³/mol. The minimum absolute atomic E-state index is 0.0582. The van der Waals surface area contributed by atoms with Crippen LogP contribution in [-0.2, 0) is 25.6 Å². The van der Waals surface area contributed by atoms with Gasteiger partial charge in [-0.3, -0.25) is 14.6 Å². The highest BCUT2D eigenvalue weighted by molar-refractivity contribution is 6.07. The van der Waals surface area contributed by atoms with Gasteiger partial charge in [0.25, 0.3) is 0 Å². The summed E-state index contributed by atoms with van der Waals surface area (Å²) < 4.78 is 11.2. The number of morpholine rings is 1. The molecule has 0 amide bonds. The van der Waals surface area contributed by atoms with Gasteiger partial charge in [0.1, 0.15) is 12.1 Å². The van der Waals surface area contributed by atoms with Crippen LogP contribution < -0.4 is 5.32 Å². The van der Waals surface area contributed by atoms with Crippen molar-refractivity contribution in [1.82, 2.24) is 10.2 Å². The van der Waals surface area contributed by atoms with Gasteiger partial charge in [-0.15, -0.1) is 0 Å². The minimum Gasteiger partial charge on any atom is -0.461 e.